The number of benzene rings is 2. The number of piperidine rings is 1. The highest BCUT2D eigenvalue weighted by molar-refractivity contribution is 5.83. The average Bonchev–Trinajstić information content (AvgIpc) is 2.82. The number of hydrogen-bond donors (Lipinski definition) is 2. The molecule has 3 heteroatoms. The van der Waals surface area contributed by atoms with Crippen LogP contribution >= 0.6 is 0 Å². The van der Waals surface area contributed by atoms with Crippen LogP contribution in [-0.4, -0.2) is 22.7 Å². The highest BCUT2D eigenvalue weighted by Gasteiger charge is 2.52. The van der Waals surface area contributed by atoms with Crippen LogP contribution in [-0.2, 0) is 4.79 Å². The zero-order valence-corrected chi connectivity index (χ0v) is 12.8. The molecule has 2 heterocycles. The summed E-state index contributed by atoms with van der Waals surface area (Å²) in [6.45, 7) is 2.20. The molecule has 0 aliphatic carbocycles. The molecule has 2 aromatic carbocycles. The van der Waals surface area contributed by atoms with Crippen molar-refractivity contribution < 1.29 is 9.90 Å². The largest absolute Gasteiger partial charge is 0.481 e. The van der Waals surface area contributed by atoms with Crippen molar-refractivity contribution in [1.29, 1.82) is 0 Å². The number of aliphatic carboxylic acids is 1. The van der Waals surface area contributed by atoms with Crippen LogP contribution in [0.25, 0.3) is 10.8 Å². The van der Waals surface area contributed by atoms with Crippen molar-refractivity contribution in [3.05, 3.63) is 48.0 Å². The quantitative estimate of drug-likeness (QED) is 0.891. The van der Waals surface area contributed by atoms with Crippen LogP contribution in [0.15, 0.2) is 42.5 Å². The molecule has 3 nitrogen and oxygen atoms in total. The van der Waals surface area contributed by atoms with E-state index in [0.717, 1.165) is 24.8 Å². The van der Waals surface area contributed by atoms with E-state index in [9.17, 15) is 9.90 Å². The Morgan fingerprint density at radius 3 is 2.77 bits per heavy atom. The lowest BCUT2D eigenvalue weighted by Gasteiger charge is -2.43. The molecule has 4 rings (SSSR count). The molecule has 0 radical (unpaired) electrons. The molecule has 0 aromatic heterocycles. The zero-order chi connectivity index (χ0) is 15.3. The van der Waals surface area contributed by atoms with Gasteiger partial charge in [-0.1, -0.05) is 42.5 Å². The lowest BCUT2D eigenvalue weighted by molar-refractivity contribution is -0.144. The minimum absolute atomic E-state index is 0.0355. The zero-order valence-electron chi connectivity index (χ0n) is 12.8. The highest BCUT2D eigenvalue weighted by Crippen LogP contribution is 2.49. The second kappa shape index (κ2) is 4.82. The maximum atomic E-state index is 11.8. The summed E-state index contributed by atoms with van der Waals surface area (Å²) in [5.41, 5.74) is 1.05. The molecule has 2 saturated heterocycles. The van der Waals surface area contributed by atoms with Crippen molar-refractivity contribution in [3.8, 4) is 0 Å². The predicted molar refractivity (Wildman–Crippen MR) is 87.0 cm³/mol. The van der Waals surface area contributed by atoms with Crippen molar-refractivity contribution >= 4 is 16.7 Å². The second-order valence-electron chi connectivity index (χ2n) is 7.06. The van der Waals surface area contributed by atoms with Crippen LogP contribution in [0.2, 0.25) is 0 Å². The van der Waals surface area contributed by atoms with Crippen molar-refractivity contribution in [2.45, 2.75) is 43.7 Å². The fourth-order valence-electron chi connectivity index (χ4n) is 4.64. The summed E-state index contributed by atoms with van der Waals surface area (Å²) >= 11 is 0. The van der Waals surface area contributed by atoms with Crippen LogP contribution in [0.4, 0.5) is 0 Å². The standard InChI is InChI=1S/C19H21NO2/c1-19-9-8-15(20-19)11-16(18(21)22)17(19)14-7-6-12-4-2-3-5-13(12)10-14/h2-7,10,15-17,20H,8-9,11H2,1H3,(H,21,22). The predicted octanol–water partition coefficient (Wildman–Crippen LogP) is 3.54. The number of fused-ring (bicyclic) bond motifs is 3. The first kappa shape index (κ1) is 13.8. The van der Waals surface area contributed by atoms with Gasteiger partial charge in [-0.05, 0) is 42.5 Å². The van der Waals surface area contributed by atoms with Gasteiger partial charge in [0.05, 0.1) is 5.92 Å². The van der Waals surface area contributed by atoms with Gasteiger partial charge in [0.2, 0.25) is 0 Å². The van der Waals surface area contributed by atoms with E-state index in [0.29, 0.717) is 6.04 Å². The van der Waals surface area contributed by atoms with Gasteiger partial charge < -0.3 is 10.4 Å². The molecule has 0 spiro atoms. The first-order valence-electron chi connectivity index (χ1n) is 8.06. The van der Waals surface area contributed by atoms with E-state index in [1.165, 1.54) is 10.8 Å². The van der Waals surface area contributed by atoms with Crippen molar-refractivity contribution in [3.63, 3.8) is 0 Å². The fraction of sp³-hybridized carbons (Fsp3) is 0.421. The minimum Gasteiger partial charge on any atom is -0.481 e. The molecule has 114 valence electrons. The molecule has 2 aliphatic heterocycles. The molecule has 2 aliphatic rings. The lowest BCUT2D eigenvalue weighted by Crippen LogP contribution is -2.54. The molecular weight excluding hydrogens is 274 g/mol. The topological polar surface area (TPSA) is 49.3 Å². The second-order valence-corrected chi connectivity index (χ2v) is 7.06. The van der Waals surface area contributed by atoms with Crippen LogP contribution < -0.4 is 5.32 Å². The third-order valence-electron chi connectivity index (χ3n) is 5.62. The maximum absolute atomic E-state index is 11.8. The molecule has 22 heavy (non-hydrogen) atoms. The molecule has 0 amide bonds. The van der Waals surface area contributed by atoms with E-state index < -0.39 is 5.97 Å². The fourth-order valence-corrected chi connectivity index (χ4v) is 4.64. The molecule has 2 N–H and O–H groups in total. The van der Waals surface area contributed by atoms with Gasteiger partial charge in [0.15, 0.2) is 0 Å². The summed E-state index contributed by atoms with van der Waals surface area (Å²) in [7, 11) is 0. The van der Waals surface area contributed by atoms with Crippen LogP contribution in [0.5, 0.6) is 0 Å². The van der Waals surface area contributed by atoms with Gasteiger partial charge in [-0.25, -0.2) is 0 Å². The van der Waals surface area contributed by atoms with E-state index in [2.05, 4.69) is 42.6 Å². The molecule has 2 fully saturated rings. The molecular formula is C19H21NO2. The average molecular weight is 295 g/mol. The first-order chi connectivity index (χ1) is 10.6. The van der Waals surface area contributed by atoms with Crippen molar-refractivity contribution in [2.75, 3.05) is 0 Å². The number of carboxylic acid groups (broad SMARTS) is 1. The number of rotatable bonds is 2. The van der Waals surface area contributed by atoms with Gasteiger partial charge in [0.1, 0.15) is 0 Å². The number of carboxylic acids is 1. The number of nitrogens with one attached hydrogen (secondary N) is 1. The van der Waals surface area contributed by atoms with E-state index in [-0.39, 0.29) is 17.4 Å². The van der Waals surface area contributed by atoms with Crippen LogP contribution in [0.1, 0.15) is 37.7 Å². The van der Waals surface area contributed by atoms with Gasteiger partial charge in [0, 0.05) is 17.5 Å². The highest BCUT2D eigenvalue weighted by atomic mass is 16.4. The molecule has 4 unspecified atom stereocenters. The van der Waals surface area contributed by atoms with E-state index in [1.807, 2.05) is 12.1 Å². The Hall–Kier alpha value is -1.87. The number of carbonyl (C=O) groups is 1. The summed E-state index contributed by atoms with van der Waals surface area (Å²) < 4.78 is 0. The minimum atomic E-state index is -0.655. The molecule has 2 aromatic rings. The summed E-state index contributed by atoms with van der Waals surface area (Å²) in [6, 6.07) is 15.1. The Bertz CT molecular complexity index is 741. The van der Waals surface area contributed by atoms with Crippen molar-refractivity contribution in [2.24, 2.45) is 5.92 Å². The van der Waals surface area contributed by atoms with Gasteiger partial charge >= 0.3 is 5.97 Å². The Balaban J connectivity index is 1.83. The molecule has 2 bridgehead atoms. The van der Waals surface area contributed by atoms with Gasteiger partial charge in [0.25, 0.3) is 0 Å². The Morgan fingerprint density at radius 1 is 1.23 bits per heavy atom. The van der Waals surface area contributed by atoms with Gasteiger partial charge in [-0.3, -0.25) is 4.79 Å². The third kappa shape index (κ3) is 2.03. The van der Waals surface area contributed by atoms with E-state index >= 15 is 0 Å². The molecule has 0 saturated carbocycles. The smallest absolute Gasteiger partial charge is 0.307 e. The van der Waals surface area contributed by atoms with Gasteiger partial charge in [-0.2, -0.15) is 0 Å². The Labute approximate surface area is 130 Å². The third-order valence-corrected chi connectivity index (χ3v) is 5.62. The first-order valence-corrected chi connectivity index (χ1v) is 8.06. The lowest BCUT2D eigenvalue weighted by atomic mass is 9.69. The number of hydrogen-bond acceptors (Lipinski definition) is 2. The molecule has 4 atom stereocenters. The Morgan fingerprint density at radius 2 is 2.00 bits per heavy atom. The van der Waals surface area contributed by atoms with E-state index in [4.69, 9.17) is 0 Å². The summed E-state index contributed by atoms with van der Waals surface area (Å²) in [5.74, 6) is -0.911. The Kier molecular flexibility index (Phi) is 3.01. The monoisotopic (exact) mass is 295 g/mol. The summed E-state index contributed by atoms with van der Waals surface area (Å²) in [4.78, 5) is 11.8. The SMILES string of the molecule is CC12CCC(CC(C(=O)O)C1c1ccc3ccccc3c1)N2. The van der Waals surface area contributed by atoms with E-state index in [1.54, 1.807) is 0 Å². The van der Waals surface area contributed by atoms with Crippen LogP contribution in [0, 0.1) is 5.92 Å². The van der Waals surface area contributed by atoms with Crippen LogP contribution in [0.3, 0.4) is 0 Å². The van der Waals surface area contributed by atoms with Crippen molar-refractivity contribution in [1.82, 2.24) is 5.32 Å². The van der Waals surface area contributed by atoms with Gasteiger partial charge in [-0.15, -0.1) is 0 Å². The normalized spacial score (nSPS) is 34.0. The summed E-state index contributed by atoms with van der Waals surface area (Å²) in [6.07, 6.45) is 2.88. The summed E-state index contributed by atoms with van der Waals surface area (Å²) in [5, 5.41) is 15.8. The maximum Gasteiger partial charge on any atom is 0.307 e.